The summed E-state index contributed by atoms with van der Waals surface area (Å²) in [6.07, 6.45) is 3.55. The average Bonchev–Trinajstić information content (AvgIpc) is 3.23. The number of fused-ring (bicyclic) bond motifs is 2. The highest BCUT2D eigenvalue weighted by Crippen LogP contribution is 2.37. The first-order chi connectivity index (χ1) is 17.4. The van der Waals surface area contributed by atoms with E-state index in [-0.39, 0.29) is 0 Å². The molecule has 1 aliphatic carbocycles. The Morgan fingerprint density at radius 3 is 2.47 bits per heavy atom. The molecule has 1 N–H and O–H groups in total. The lowest BCUT2D eigenvalue weighted by Crippen LogP contribution is -2.21. The van der Waals surface area contributed by atoms with Crippen LogP contribution in [-0.4, -0.2) is 23.5 Å². The van der Waals surface area contributed by atoms with Crippen LogP contribution in [0.4, 0.5) is 5.69 Å². The lowest BCUT2D eigenvalue weighted by molar-refractivity contribution is -0.119. The topological polar surface area (TPSA) is 68.3 Å². The molecule has 0 saturated heterocycles. The number of nitrogens with zero attached hydrogens (tertiary/aromatic N) is 1. The van der Waals surface area contributed by atoms with E-state index < -0.39 is 18.5 Å². The maximum atomic E-state index is 13.3. The Kier molecular flexibility index (Phi) is 6.77. The minimum Gasteiger partial charge on any atom is -0.452 e. The fourth-order valence-corrected chi connectivity index (χ4v) is 4.93. The van der Waals surface area contributed by atoms with Crippen LogP contribution in [0.25, 0.3) is 22.6 Å². The molecular weight excluding hydrogens is 495 g/mol. The van der Waals surface area contributed by atoms with Crippen LogP contribution >= 0.6 is 23.2 Å². The molecule has 1 aromatic heterocycles. The number of hydrogen-bond acceptors (Lipinski definition) is 4. The zero-order valence-corrected chi connectivity index (χ0v) is 21.0. The van der Waals surface area contributed by atoms with Crippen molar-refractivity contribution < 1.29 is 14.3 Å². The van der Waals surface area contributed by atoms with Gasteiger partial charge >= 0.3 is 5.97 Å². The van der Waals surface area contributed by atoms with Gasteiger partial charge in [-0.2, -0.15) is 0 Å². The summed E-state index contributed by atoms with van der Waals surface area (Å²) >= 11 is 12.0. The van der Waals surface area contributed by atoms with Gasteiger partial charge in [0, 0.05) is 21.1 Å². The van der Waals surface area contributed by atoms with Crippen LogP contribution in [0.2, 0.25) is 10.0 Å². The molecule has 3 aromatic carbocycles. The molecule has 1 aliphatic rings. The zero-order chi connectivity index (χ0) is 25.2. The van der Waals surface area contributed by atoms with Crippen molar-refractivity contribution in [3.05, 3.63) is 105 Å². The van der Waals surface area contributed by atoms with Crippen LogP contribution in [0, 0.1) is 6.92 Å². The minimum atomic E-state index is -0.555. The molecule has 0 unspecified atom stereocenters. The summed E-state index contributed by atoms with van der Waals surface area (Å²) in [5.74, 6) is -1.04. The molecule has 0 aliphatic heterocycles. The summed E-state index contributed by atoms with van der Waals surface area (Å²) < 4.78 is 5.46. The van der Waals surface area contributed by atoms with E-state index in [4.69, 9.17) is 32.9 Å². The highest BCUT2D eigenvalue weighted by Gasteiger charge is 2.28. The van der Waals surface area contributed by atoms with Gasteiger partial charge in [-0.1, -0.05) is 71.2 Å². The van der Waals surface area contributed by atoms with Crippen molar-refractivity contribution in [1.82, 2.24) is 4.98 Å². The summed E-state index contributed by atoms with van der Waals surface area (Å²) in [4.78, 5) is 30.6. The van der Waals surface area contributed by atoms with E-state index in [0.717, 1.165) is 28.8 Å². The van der Waals surface area contributed by atoms with Crippen LogP contribution in [-0.2, 0) is 16.0 Å². The van der Waals surface area contributed by atoms with Crippen LogP contribution < -0.4 is 5.32 Å². The first-order valence-corrected chi connectivity index (χ1v) is 12.3. The second-order valence-electron chi connectivity index (χ2n) is 8.69. The summed E-state index contributed by atoms with van der Waals surface area (Å²) in [5, 5.41) is 4.14. The predicted octanol–water partition coefficient (Wildman–Crippen LogP) is 7.13. The summed E-state index contributed by atoms with van der Waals surface area (Å²) in [5.41, 5.74) is 6.60. The summed E-state index contributed by atoms with van der Waals surface area (Å²) in [6.45, 7) is 1.61. The molecule has 180 valence electrons. The van der Waals surface area contributed by atoms with Gasteiger partial charge in [-0.3, -0.25) is 4.79 Å². The number of pyridine rings is 1. The molecule has 36 heavy (non-hydrogen) atoms. The third kappa shape index (κ3) is 5.13. The van der Waals surface area contributed by atoms with Gasteiger partial charge in [0.2, 0.25) is 0 Å². The number of carbonyl (C=O) groups is 2. The standard InChI is InChI=1S/C29H22Cl2N2O3/c1-17-6-8-18(9-7-17)12-19-10-11-24-27(23-4-2-3-5-25(23)33-28(19)24)29(35)36-16-26(34)32-22-14-20(30)13-21(31)15-22/h2-9,12-15H,10-11,16H2,1H3,(H,32,34). The molecule has 4 aromatic rings. The van der Waals surface area contributed by atoms with E-state index in [1.54, 1.807) is 18.2 Å². The normalized spacial score (nSPS) is 13.6. The van der Waals surface area contributed by atoms with Crippen LogP contribution in [0.5, 0.6) is 0 Å². The Hall–Kier alpha value is -3.67. The molecule has 0 fully saturated rings. The number of rotatable bonds is 5. The van der Waals surface area contributed by atoms with Gasteiger partial charge in [0.15, 0.2) is 6.61 Å². The Morgan fingerprint density at radius 2 is 1.72 bits per heavy atom. The van der Waals surface area contributed by atoms with E-state index >= 15 is 0 Å². The number of esters is 1. The minimum absolute atomic E-state index is 0.392. The molecule has 0 atom stereocenters. The van der Waals surface area contributed by atoms with Crippen LogP contribution in [0.1, 0.15) is 39.2 Å². The van der Waals surface area contributed by atoms with E-state index in [9.17, 15) is 9.59 Å². The number of aryl methyl sites for hydroxylation is 1. The molecular formula is C29H22Cl2N2O3. The Balaban J connectivity index is 1.42. The van der Waals surface area contributed by atoms with Gasteiger partial charge in [-0.05, 0) is 66.8 Å². The SMILES string of the molecule is Cc1ccc(C=C2CCc3c2nc2ccccc2c3C(=O)OCC(=O)Nc2cc(Cl)cc(Cl)c2)cc1. The van der Waals surface area contributed by atoms with E-state index in [1.807, 2.05) is 24.3 Å². The van der Waals surface area contributed by atoms with Crippen molar-refractivity contribution in [2.75, 3.05) is 11.9 Å². The van der Waals surface area contributed by atoms with Crippen molar-refractivity contribution in [3.63, 3.8) is 0 Å². The Labute approximate surface area is 218 Å². The predicted molar refractivity (Wildman–Crippen MR) is 144 cm³/mol. The van der Waals surface area contributed by atoms with E-state index in [2.05, 4.69) is 42.6 Å². The first-order valence-electron chi connectivity index (χ1n) is 11.5. The van der Waals surface area contributed by atoms with Crippen LogP contribution in [0.3, 0.4) is 0 Å². The van der Waals surface area contributed by atoms with E-state index in [0.29, 0.717) is 38.6 Å². The number of aromatic nitrogens is 1. The molecule has 0 radical (unpaired) electrons. The fraction of sp³-hybridized carbons (Fsp3) is 0.138. The second kappa shape index (κ2) is 10.1. The summed E-state index contributed by atoms with van der Waals surface area (Å²) in [7, 11) is 0. The Bertz CT molecular complexity index is 1510. The van der Waals surface area contributed by atoms with Crippen molar-refractivity contribution >= 4 is 63.3 Å². The fourth-order valence-electron chi connectivity index (χ4n) is 4.40. The molecule has 0 spiro atoms. The maximum Gasteiger partial charge on any atom is 0.339 e. The average molecular weight is 517 g/mol. The van der Waals surface area contributed by atoms with Gasteiger partial charge in [-0.15, -0.1) is 0 Å². The number of amides is 1. The molecule has 7 heteroatoms. The van der Waals surface area contributed by atoms with Crippen molar-refractivity contribution in [2.45, 2.75) is 19.8 Å². The third-order valence-electron chi connectivity index (χ3n) is 6.04. The smallest absolute Gasteiger partial charge is 0.339 e. The molecule has 5 nitrogen and oxygen atoms in total. The maximum absolute atomic E-state index is 13.3. The van der Waals surface area contributed by atoms with E-state index in [1.165, 1.54) is 5.56 Å². The number of carbonyl (C=O) groups excluding carboxylic acids is 2. The highest BCUT2D eigenvalue weighted by molar-refractivity contribution is 6.35. The van der Waals surface area contributed by atoms with Crippen molar-refractivity contribution in [2.24, 2.45) is 0 Å². The number of anilines is 1. The lowest BCUT2D eigenvalue weighted by Gasteiger charge is -2.13. The Morgan fingerprint density at radius 1 is 1.00 bits per heavy atom. The van der Waals surface area contributed by atoms with Gasteiger partial charge in [0.05, 0.1) is 16.8 Å². The van der Waals surface area contributed by atoms with Crippen LogP contribution in [0.15, 0.2) is 66.7 Å². The van der Waals surface area contributed by atoms with Crippen molar-refractivity contribution in [1.29, 1.82) is 0 Å². The molecule has 0 bridgehead atoms. The monoisotopic (exact) mass is 516 g/mol. The number of ether oxygens (including phenoxy) is 1. The van der Waals surface area contributed by atoms with Gasteiger partial charge in [-0.25, -0.2) is 9.78 Å². The van der Waals surface area contributed by atoms with Crippen molar-refractivity contribution in [3.8, 4) is 0 Å². The lowest BCUT2D eigenvalue weighted by atomic mass is 10.0. The van der Waals surface area contributed by atoms with Gasteiger partial charge in [0.1, 0.15) is 0 Å². The van der Waals surface area contributed by atoms with Gasteiger partial charge < -0.3 is 10.1 Å². The zero-order valence-electron chi connectivity index (χ0n) is 19.5. The summed E-state index contributed by atoms with van der Waals surface area (Å²) in [6, 6.07) is 20.5. The quantitative estimate of drug-likeness (QED) is 0.286. The number of hydrogen-bond donors (Lipinski definition) is 1. The van der Waals surface area contributed by atoms with Gasteiger partial charge in [0.25, 0.3) is 5.91 Å². The second-order valence-corrected chi connectivity index (χ2v) is 9.57. The molecule has 0 saturated carbocycles. The highest BCUT2D eigenvalue weighted by atomic mass is 35.5. The number of halogens is 2. The number of benzene rings is 3. The number of nitrogens with one attached hydrogen (secondary N) is 1. The largest absolute Gasteiger partial charge is 0.452 e. The molecule has 5 rings (SSSR count). The molecule has 1 amide bonds. The first kappa shape index (κ1) is 24.0. The molecule has 1 heterocycles. The number of para-hydroxylation sites is 1. The third-order valence-corrected chi connectivity index (χ3v) is 6.48. The number of allylic oxidation sites excluding steroid dienone is 1.